The Hall–Kier alpha value is -2.56. The van der Waals surface area contributed by atoms with E-state index >= 15 is 0 Å². The fourth-order valence-corrected chi connectivity index (χ4v) is 16.3. The summed E-state index contributed by atoms with van der Waals surface area (Å²) in [6, 6.07) is 21.1. The predicted octanol–water partition coefficient (Wildman–Crippen LogP) is -0.649. The summed E-state index contributed by atoms with van der Waals surface area (Å²) in [4.78, 5) is 5.94. The van der Waals surface area contributed by atoms with E-state index in [1.165, 1.54) is 50.1 Å². The van der Waals surface area contributed by atoms with Gasteiger partial charge in [0.1, 0.15) is 50.7 Å². The smallest absolute Gasteiger partial charge is 0.141 e. The first-order chi connectivity index (χ1) is 25.6. The van der Waals surface area contributed by atoms with E-state index in [-0.39, 0.29) is 57.2 Å². The maximum absolute atomic E-state index is 7.54. The summed E-state index contributed by atoms with van der Waals surface area (Å²) in [5.74, 6) is 15.7. The summed E-state index contributed by atoms with van der Waals surface area (Å²) < 4.78 is 17.3. The highest BCUT2D eigenvalue weighted by atomic mass is 79.9. The number of hydrogen-bond donors (Lipinski definition) is 0. The van der Waals surface area contributed by atoms with Crippen molar-refractivity contribution < 1.29 is 52.4 Å². The number of anilines is 2. The maximum atomic E-state index is 7.54. The molecule has 0 N–H and O–H groups in total. The van der Waals surface area contributed by atoms with E-state index < -0.39 is 0 Å². The standard InChI is InChI=1S/C46H50N4O2.2BrH/c1-3-5-19-49-21-17-45-33-11-7-9-13-35(33)47-41(45)39-31(25-37(45)49)29(27-49)15-23-51-43(39)48-36-14-10-8-12-34(36)46-18-22-50(20-6-4-2)28-30-16-24-52-44(47)40(42(46)48)32(30)26-38(46)50;;/h7-16,31-32,37-44H,17-28H2,1-2H3;2*1H/q+2;;/p-2/t31?,32?,37?,38?,39?,40?,41?,42?,43?,44?,45?,46?,49-,50-;;/m0../s1. The molecule has 8 heteroatoms. The number of fused-ring (bicyclic) bond motifs is 6. The van der Waals surface area contributed by atoms with Gasteiger partial charge in [-0.1, -0.05) is 48.6 Å². The Kier molecular flexibility index (Phi) is 7.40. The van der Waals surface area contributed by atoms with Crippen molar-refractivity contribution >= 4 is 11.4 Å². The first-order valence-electron chi connectivity index (χ1n) is 20.5. The van der Waals surface area contributed by atoms with Crippen LogP contribution in [0.1, 0.15) is 50.7 Å². The third-order valence-electron chi connectivity index (χ3n) is 17.6. The molecule has 7 fully saturated rings. The average Bonchev–Trinajstić information content (AvgIpc) is 3.79. The van der Waals surface area contributed by atoms with Gasteiger partial charge in [-0.05, 0) is 60.1 Å². The number of para-hydroxylation sites is 2. The summed E-state index contributed by atoms with van der Waals surface area (Å²) in [7, 11) is 0. The minimum Gasteiger partial charge on any atom is -1.00 e. The quantitative estimate of drug-likeness (QED) is 0.228. The van der Waals surface area contributed by atoms with Crippen LogP contribution in [0.25, 0.3) is 0 Å². The van der Waals surface area contributed by atoms with E-state index in [9.17, 15) is 0 Å². The first-order valence-corrected chi connectivity index (χ1v) is 20.5. The molecule has 54 heavy (non-hydrogen) atoms. The summed E-state index contributed by atoms with van der Waals surface area (Å²) in [6.45, 7) is 12.1. The van der Waals surface area contributed by atoms with Crippen LogP contribution in [0.3, 0.4) is 0 Å². The zero-order chi connectivity index (χ0) is 34.2. The van der Waals surface area contributed by atoms with E-state index in [4.69, 9.17) is 9.47 Å². The molecular weight excluding hydrogens is 800 g/mol. The van der Waals surface area contributed by atoms with Gasteiger partial charge < -0.3 is 62.2 Å². The van der Waals surface area contributed by atoms with E-state index in [0.717, 1.165) is 35.1 Å². The summed E-state index contributed by atoms with van der Waals surface area (Å²) in [6.07, 6.45) is 10.1. The van der Waals surface area contributed by atoms with Crippen molar-refractivity contribution in [1.29, 1.82) is 0 Å². The van der Waals surface area contributed by atoms with Crippen LogP contribution in [-0.4, -0.2) is 98.1 Å². The third-order valence-corrected chi connectivity index (χ3v) is 17.6. The van der Waals surface area contributed by atoms with Crippen molar-refractivity contribution in [3.05, 3.63) is 83.0 Å². The topological polar surface area (TPSA) is 24.9 Å². The lowest BCUT2D eigenvalue weighted by molar-refractivity contribution is -0.936. The molecule has 14 atom stereocenters. The molecule has 0 aromatic heterocycles. The molecule has 0 radical (unpaired) electrons. The molecule has 2 saturated carbocycles. The molecular formula is C46H50Br2N4O2. The van der Waals surface area contributed by atoms with Gasteiger partial charge >= 0.3 is 0 Å². The summed E-state index contributed by atoms with van der Waals surface area (Å²) in [5, 5.41) is 0. The zero-order valence-electron chi connectivity index (χ0n) is 31.4. The van der Waals surface area contributed by atoms with Gasteiger partial charge in [0.15, 0.2) is 0 Å². The molecule has 0 amide bonds. The van der Waals surface area contributed by atoms with Gasteiger partial charge in [0.2, 0.25) is 0 Å². The minimum atomic E-state index is 0. The molecule has 2 spiro atoms. The van der Waals surface area contributed by atoms with Crippen LogP contribution >= 0.6 is 0 Å². The van der Waals surface area contributed by atoms with Crippen molar-refractivity contribution in [2.45, 2.75) is 87.0 Å². The Balaban J connectivity index is 0.00000171. The molecule has 2 aliphatic carbocycles. The lowest BCUT2D eigenvalue weighted by atomic mass is 9.52. The molecule has 9 aliphatic heterocycles. The molecule has 13 rings (SSSR count). The molecule has 12 unspecified atom stereocenters. The number of hydrogen-bond acceptors (Lipinski definition) is 4. The van der Waals surface area contributed by atoms with Crippen LogP contribution < -0.4 is 43.8 Å². The van der Waals surface area contributed by atoms with Crippen molar-refractivity contribution in [2.75, 3.05) is 62.3 Å². The van der Waals surface area contributed by atoms with Crippen molar-refractivity contribution in [3.63, 3.8) is 0 Å². The van der Waals surface area contributed by atoms with Crippen molar-refractivity contribution in [3.8, 4) is 23.7 Å². The Labute approximate surface area is 341 Å². The molecule has 280 valence electrons. The molecule has 2 aromatic carbocycles. The minimum absolute atomic E-state index is 0. The second-order valence-electron chi connectivity index (χ2n) is 18.6. The lowest BCUT2D eigenvalue weighted by Crippen LogP contribution is -3.00. The fraction of sp³-hybridized carbons (Fsp3) is 0.565. The van der Waals surface area contributed by atoms with Gasteiger partial charge in [0, 0.05) is 60.7 Å². The number of rotatable bonds is 2. The molecule has 9 heterocycles. The number of benzene rings is 2. The van der Waals surface area contributed by atoms with Crippen LogP contribution in [0, 0.1) is 47.4 Å². The highest BCUT2D eigenvalue weighted by Gasteiger charge is 2.80. The Bertz CT molecular complexity index is 2020. The van der Waals surface area contributed by atoms with Gasteiger partial charge in [-0.15, -0.1) is 11.8 Å². The average molecular weight is 851 g/mol. The highest BCUT2D eigenvalue weighted by molar-refractivity contribution is 5.72. The molecule has 2 aromatic rings. The van der Waals surface area contributed by atoms with E-state index in [0.29, 0.717) is 61.1 Å². The maximum Gasteiger partial charge on any atom is 0.141 e. The van der Waals surface area contributed by atoms with Gasteiger partial charge in [0.05, 0.1) is 49.2 Å². The van der Waals surface area contributed by atoms with Crippen LogP contribution in [0.15, 0.2) is 71.8 Å². The lowest BCUT2D eigenvalue weighted by Gasteiger charge is -2.65. The fourth-order valence-electron chi connectivity index (χ4n) is 16.3. The monoisotopic (exact) mass is 848 g/mol. The molecule has 5 saturated heterocycles. The van der Waals surface area contributed by atoms with Gasteiger partial charge in [-0.2, -0.15) is 0 Å². The van der Waals surface area contributed by atoms with Gasteiger partial charge in [0.25, 0.3) is 0 Å². The van der Waals surface area contributed by atoms with Crippen LogP contribution in [0.2, 0.25) is 0 Å². The molecule has 4 bridgehead atoms. The Morgan fingerprint density at radius 2 is 1.11 bits per heavy atom. The summed E-state index contributed by atoms with van der Waals surface area (Å²) in [5.41, 5.74) is 9.58. The second kappa shape index (κ2) is 11.5. The molecule has 6 nitrogen and oxygen atoms in total. The third kappa shape index (κ3) is 3.68. The Morgan fingerprint density at radius 1 is 0.667 bits per heavy atom. The highest BCUT2D eigenvalue weighted by Crippen LogP contribution is 2.72. The largest absolute Gasteiger partial charge is 1.00 e. The first kappa shape index (κ1) is 34.7. The number of piperidine rings is 2. The molecule has 11 aliphatic rings. The summed E-state index contributed by atoms with van der Waals surface area (Å²) >= 11 is 0. The van der Waals surface area contributed by atoms with Crippen molar-refractivity contribution in [1.82, 2.24) is 0 Å². The number of halogens is 2. The number of ether oxygens (including phenoxy) is 2. The van der Waals surface area contributed by atoms with E-state index in [2.05, 4.69) is 94.2 Å². The SMILES string of the molecule is CC#CC[N@+]12CCC34c5ccccc5N5C6OCC=C7C[N@+]8(CC#CC)CCC9%10c%11ccccc%11N(C%11OCC=C(C1)C(CC32)C%11C54)C9C6C7CC%108.[Br-].[Br-]. The van der Waals surface area contributed by atoms with Crippen molar-refractivity contribution in [2.24, 2.45) is 23.7 Å². The van der Waals surface area contributed by atoms with Crippen LogP contribution in [0.4, 0.5) is 11.4 Å². The van der Waals surface area contributed by atoms with Crippen LogP contribution in [0.5, 0.6) is 0 Å². The number of nitrogens with zero attached hydrogens (tertiary/aromatic N) is 4. The van der Waals surface area contributed by atoms with E-state index in [1.54, 1.807) is 22.3 Å². The van der Waals surface area contributed by atoms with Crippen LogP contribution in [-0.2, 0) is 20.3 Å². The van der Waals surface area contributed by atoms with Gasteiger partial charge in [-0.3, -0.25) is 0 Å². The normalized spacial score (nSPS) is 46.2. The second-order valence-corrected chi connectivity index (χ2v) is 18.6. The number of quaternary nitrogens is 2. The Morgan fingerprint density at radius 3 is 1.56 bits per heavy atom. The van der Waals surface area contributed by atoms with Gasteiger partial charge in [-0.25, -0.2) is 0 Å². The van der Waals surface area contributed by atoms with E-state index in [1.807, 2.05) is 13.8 Å². The zero-order valence-corrected chi connectivity index (χ0v) is 34.6. The predicted molar refractivity (Wildman–Crippen MR) is 201 cm³/mol.